The first kappa shape index (κ1) is 13.9. The number of oxazole rings is 1. The molecule has 0 aliphatic heterocycles. The number of aromatic nitrogens is 1. The summed E-state index contributed by atoms with van der Waals surface area (Å²) in [6.07, 6.45) is 0. The van der Waals surface area contributed by atoms with Crippen molar-refractivity contribution in [3.8, 4) is 23.1 Å². The van der Waals surface area contributed by atoms with Gasteiger partial charge in [0.25, 0.3) is 0 Å². The van der Waals surface area contributed by atoms with Gasteiger partial charge in [-0.25, -0.2) is 9.18 Å². The van der Waals surface area contributed by atoms with E-state index >= 15 is 0 Å². The van der Waals surface area contributed by atoms with Crippen molar-refractivity contribution in [2.75, 3.05) is 13.7 Å². The zero-order valence-electron chi connectivity index (χ0n) is 10.8. The molecule has 0 spiro atoms. The van der Waals surface area contributed by atoms with Crippen LogP contribution in [0, 0.1) is 5.82 Å². The largest absolute Gasteiger partial charge is 0.497 e. The van der Waals surface area contributed by atoms with Gasteiger partial charge in [-0.2, -0.15) is 4.98 Å². The van der Waals surface area contributed by atoms with E-state index < -0.39 is 17.5 Å². The topological polar surface area (TPSA) is 81.8 Å². The smallest absolute Gasteiger partial charge is 0.362 e. The molecule has 1 heterocycles. The van der Waals surface area contributed by atoms with Crippen molar-refractivity contribution in [3.63, 3.8) is 0 Å². The third kappa shape index (κ3) is 2.56. The molecule has 0 fully saturated rings. The molecule has 0 bridgehead atoms. The molecule has 1 aromatic heterocycles. The van der Waals surface area contributed by atoms with Gasteiger partial charge >= 0.3 is 11.9 Å². The Balaban J connectivity index is 2.47. The van der Waals surface area contributed by atoms with E-state index in [1.54, 1.807) is 6.92 Å². The third-order valence-electron chi connectivity index (χ3n) is 2.48. The highest BCUT2D eigenvalue weighted by molar-refractivity contribution is 5.88. The monoisotopic (exact) mass is 281 g/mol. The van der Waals surface area contributed by atoms with Gasteiger partial charge in [-0.15, -0.1) is 0 Å². The fourth-order valence-electron chi connectivity index (χ4n) is 1.58. The molecule has 0 aliphatic carbocycles. The van der Waals surface area contributed by atoms with Gasteiger partial charge in [0.2, 0.25) is 11.6 Å². The molecule has 2 aromatic rings. The Morgan fingerprint density at radius 2 is 2.25 bits per heavy atom. The van der Waals surface area contributed by atoms with Gasteiger partial charge in [0.05, 0.1) is 19.3 Å². The van der Waals surface area contributed by atoms with Crippen molar-refractivity contribution < 1.29 is 28.2 Å². The molecule has 2 rings (SSSR count). The molecular formula is C13H12FNO5. The van der Waals surface area contributed by atoms with Crippen molar-refractivity contribution in [2.24, 2.45) is 0 Å². The van der Waals surface area contributed by atoms with Crippen LogP contribution in [0.3, 0.4) is 0 Å². The van der Waals surface area contributed by atoms with Gasteiger partial charge in [0, 0.05) is 6.07 Å². The van der Waals surface area contributed by atoms with Crippen LogP contribution < -0.4 is 9.47 Å². The summed E-state index contributed by atoms with van der Waals surface area (Å²) in [6, 6.07) is 4.06. The second kappa shape index (κ2) is 5.60. The summed E-state index contributed by atoms with van der Waals surface area (Å²) in [7, 11) is 1.41. The van der Waals surface area contributed by atoms with Gasteiger partial charge in [-0.1, -0.05) is 0 Å². The number of halogens is 1. The van der Waals surface area contributed by atoms with Crippen molar-refractivity contribution in [1.82, 2.24) is 4.98 Å². The highest BCUT2D eigenvalue weighted by atomic mass is 19.1. The van der Waals surface area contributed by atoms with Crippen molar-refractivity contribution in [1.29, 1.82) is 0 Å². The average molecular weight is 281 g/mol. The summed E-state index contributed by atoms with van der Waals surface area (Å²) in [5.74, 6) is -2.01. The van der Waals surface area contributed by atoms with Crippen molar-refractivity contribution in [3.05, 3.63) is 29.7 Å². The number of carboxylic acid groups (broad SMARTS) is 1. The number of hydrogen-bond acceptors (Lipinski definition) is 5. The average Bonchev–Trinajstić information content (AvgIpc) is 2.83. The lowest BCUT2D eigenvalue weighted by atomic mass is 10.2. The Morgan fingerprint density at radius 3 is 2.80 bits per heavy atom. The highest BCUT2D eigenvalue weighted by Gasteiger charge is 2.23. The Bertz CT molecular complexity index is 638. The minimum absolute atomic E-state index is 0.0271. The van der Waals surface area contributed by atoms with Gasteiger partial charge in [-0.05, 0) is 19.1 Å². The fourth-order valence-corrected chi connectivity index (χ4v) is 1.58. The number of carbonyl (C=O) groups is 1. The van der Waals surface area contributed by atoms with Crippen LogP contribution >= 0.6 is 0 Å². The van der Waals surface area contributed by atoms with E-state index in [0.717, 1.165) is 6.07 Å². The van der Waals surface area contributed by atoms with Crippen LogP contribution in [0.15, 0.2) is 22.6 Å². The maximum atomic E-state index is 13.9. The summed E-state index contributed by atoms with van der Waals surface area (Å²) >= 11 is 0. The van der Waals surface area contributed by atoms with Crippen LogP contribution in [-0.2, 0) is 0 Å². The lowest BCUT2D eigenvalue weighted by Crippen LogP contribution is -2.01. The molecule has 0 unspecified atom stereocenters. The number of benzene rings is 1. The number of methoxy groups -OCH3 is 1. The van der Waals surface area contributed by atoms with Crippen LogP contribution in [0.4, 0.5) is 4.39 Å². The summed E-state index contributed by atoms with van der Waals surface area (Å²) in [5.41, 5.74) is -0.365. The molecule has 6 nitrogen and oxygen atoms in total. The SMILES string of the molecule is CCOc1oc(-c2ccc(OC)cc2F)nc1C(=O)O. The van der Waals surface area contributed by atoms with E-state index in [4.69, 9.17) is 19.0 Å². The summed E-state index contributed by atoms with van der Waals surface area (Å²) in [6.45, 7) is 1.88. The number of rotatable bonds is 5. The van der Waals surface area contributed by atoms with E-state index in [0.29, 0.717) is 5.75 Å². The first-order valence-electron chi connectivity index (χ1n) is 5.77. The normalized spacial score (nSPS) is 10.3. The van der Waals surface area contributed by atoms with Crippen molar-refractivity contribution in [2.45, 2.75) is 6.92 Å². The zero-order chi connectivity index (χ0) is 14.7. The van der Waals surface area contributed by atoms with E-state index in [1.807, 2.05) is 0 Å². The Morgan fingerprint density at radius 1 is 1.50 bits per heavy atom. The highest BCUT2D eigenvalue weighted by Crippen LogP contribution is 2.30. The first-order chi connectivity index (χ1) is 9.56. The maximum Gasteiger partial charge on any atom is 0.362 e. The molecule has 1 N–H and O–H groups in total. The minimum atomic E-state index is -1.31. The van der Waals surface area contributed by atoms with Crippen LogP contribution in [0.5, 0.6) is 11.7 Å². The van der Waals surface area contributed by atoms with Gasteiger partial charge in [0.15, 0.2) is 0 Å². The van der Waals surface area contributed by atoms with Gasteiger partial charge in [0.1, 0.15) is 11.6 Å². The predicted octanol–water partition coefficient (Wildman–Crippen LogP) is 2.59. The molecular weight excluding hydrogens is 269 g/mol. The van der Waals surface area contributed by atoms with Gasteiger partial charge in [-0.3, -0.25) is 0 Å². The Hall–Kier alpha value is -2.57. The molecule has 0 aliphatic rings. The quantitative estimate of drug-likeness (QED) is 0.907. The van der Waals surface area contributed by atoms with Crippen LogP contribution in [0.2, 0.25) is 0 Å². The molecule has 0 saturated heterocycles. The molecule has 0 saturated carbocycles. The van der Waals surface area contributed by atoms with Crippen molar-refractivity contribution >= 4 is 5.97 Å². The minimum Gasteiger partial charge on any atom is -0.497 e. The molecule has 0 amide bonds. The summed E-state index contributed by atoms with van der Waals surface area (Å²) < 4.78 is 29.0. The number of ether oxygens (including phenoxy) is 2. The number of hydrogen-bond donors (Lipinski definition) is 1. The lowest BCUT2D eigenvalue weighted by molar-refractivity contribution is 0.0683. The van der Waals surface area contributed by atoms with Crippen LogP contribution in [-0.4, -0.2) is 29.8 Å². The number of aromatic carboxylic acids is 1. The van der Waals surface area contributed by atoms with Gasteiger partial charge < -0.3 is 19.0 Å². The van der Waals surface area contributed by atoms with Crippen LogP contribution in [0.25, 0.3) is 11.5 Å². The molecule has 0 radical (unpaired) electrons. The molecule has 106 valence electrons. The molecule has 7 heteroatoms. The van der Waals surface area contributed by atoms with E-state index in [9.17, 15) is 9.18 Å². The van der Waals surface area contributed by atoms with Crippen LogP contribution in [0.1, 0.15) is 17.4 Å². The standard InChI is InChI=1S/C13H12FNO5/c1-3-19-13-10(12(16)17)15-11(20-13)8-5-4-7(18-2)6-9(8)14/h4-6H,3H2,1-2H3,(H,16,17). The second-order valence-electron chi connectivity index (χ2n) is 3.74. The zero-order valence-corrected chi connectivity index (χ0v) is 10.8. The van der Waals surface area contributed by atoms with E-state index in [2.05, 4.69) is 4.98 Å². The second-order valence-corrected chi connectivity index (χ2v) is 3.74. The number of carboxylic acids is 1. The van der Waals surface area contributed by atoms with E-state index in [1.165, 1.54) is 19.2 Å². The Kier molecular flexibility index (Phi) is 3.88. The Labute approximate surface area is 113 Å². The molecule has 0 atom stereocenters. The van der Waals surface area contributed by atoms with E-state index in [-0.39, 0.29) is 24.0 Å². The fraction of sp³-hybridized carbons (Fsp3) is 0.231. The first-order valence-corrected chi connectivity index (χ1v) is 5.77. The molecule has 1 aromatic carbocycles. The maximum absolute atomic E-state index is 13.9. The molecule has 20 heavy (non-hydrogen) atoms. The number of nitrogens with zero attached hydrogens (tertiary/aromatic N) is 1. The summed E-state index contributed by atoms with van der Waals surface area (Å²) in [4.78, 5) is 14.8. The third-order valence-corrected chi connectivity index (χ3v) is 2.48. The summed E-state index contributed by atoms with van der Waals surface area (Å²) in [5, 5.41) is 8.99. The predicted molar refractivity (Wildman–Crippen MR) is 66.6 cm³/mol. The lowest BCUT2D eigenvalue weighted by Gasteiger charge is -2.02.